The third-order valence-corrected chi connectivity index (χ3v) is 6.59. The van der Waals surface area contributed by atoms with Crippen molar-refractivity contribution in [3.8, 4) is 16.9 Å². The number of carboxylic acid groups (broad SMARTS) is 1. The molecule has 0 aliphatic heterocycles. The monoisotopic (exact) mass is 491 g/mol. The zero-order valence-electron chi connectivity index (χ0n) is 19.8. The second kappa shape index (κ2) is 12.8. The molecule has 35 heavy (non-hydrogen) atoms. The predicted molar refractivity (Wildman–Crippen MR) is 138 cm³/mol. The summed E-state index contributed by atoms with van der Waals surface area (Å²) < 4.78 is 5.19. The molecule has 0 spiro atoms. The van der Waals surface area contributed by atoms with Crippen LogP contribution < -0.4 is 10.1 Å². The summed E-state index contributed by atoms with van der Waals surface area (Å²) in [6.45, 7) is 1.46. The van der Waals surface area contributed by atoms with Crippen LogP contribution >= 0.6 is 11.8 Å². The van der Waals surface area contributed by atoms with Crippen LogP contribution in [0.1, 0.15) is 18.1 Å². The van der Waals surface area contributed by atoms with Gasteiger partial charge in [-0.3, -0.25) is 9.59 Å². The zero-order chi connectivity index (χ0) is 25.2. The van der Waals surface area contributed by atoms with Crippen LogP contribution in [0.25, 0.3) is 11.1 Å². The van der Waals surface area contributed by atoms with E-state index in [1.54, 1.807) is 7.11 Å². The molecule has 0 bridgehead atoms. The summed E-state index contributed by atoms with van der Waals surface area (Å²) in [7, 11) is 1.62. The van der Waals surface area contributed by atoms with E-state index in [0.29, 0.717) is 12.2 Å². The van der Waals surface area contributed by atoms with E-state index in [1.165, 1.54) is 6.92 Å². The molecule has 182 valence electrons. The number of nitrogens with one attached hydrogen (secondary N) is 1. The average Bonchev–Trinajstić information content (AvgIpc) is 2.87. The lowest BCUT2D eigenvalue weighted by atomic mass is 9.98. The second-order valence-corrected chi connectivity index (χ2v) is 9.42. The van der Waals surface area contributed by atoms with Gasteiger partial charge in [0.05, 0.1) is 13.0 Å². The molecule has 3 rings (SSSR count). The first-order valence-electron chi connectivity index (χ1n) is 11.3. The number of hydrogen-bond acceptors (Lipinski definition) is 5. The number of hydrogen-bond donors (Lipinski definition) is 2. The van der Waals surface area contributed by atoms with Gasteiger partial charge >= 0.3 is 5.97 Å². The minimum absolute atomic E-state index is 0.0809. The van der Waals surface area contributed by atoms with Gasteiger partial charge in [0.1, 0.15) is 11.8 Å². The van der Waals surface area contributed by atoms with E-state index < -0.39 is 17.9 Å². The highest BCUT2D eigenvalue weighted by Gasteiger charge is 2.26. The van der Waals surface area contributed by atoms with Crippen molar-refractivity contribution in [3.05, 3.63) is 90.0 Å². The van der Waals surface area contributed by atoms with Gasteiger partial charge in [-0.25, -0.2) is 4.79 Å². The molecule has 3 aromatic rings. The van der Waals surface area contributed by atoms with Crippen molar-refractivity contribution in [3.63, 3.8) is 0 Å². The molecular weight excluding hydrogens is 462 g/mol. The Balaban J connectivity index is 1.68. The van der Waals surface area contributed by atoms with Gasteiger partial charge in [0.25, 0.3) is 0 Å². The summed E-state index contributed by atoms with van der Waals surface area (Å²) in [6, 6.07) is 23.7. The van der Waals surface area contributed by atoms with Gasteiger partial charge in [0, 0.05) is 19.1 Å². The Morgan fingerprint density at radius 1 is 0.857 bits per heavy atom. The van der Waals surface area contributed by atoms with Crippen LogP contribution in [-0.4, -0.2) is 41.0 Å². The molecule has 0 aliphatic rings. The molecular formula is C28H29NO5S. The van der Waals surface area contributed by atoms with E-state index >= 15 is 0 Å². The molecule has 1 unspecified atom stereocenters. The van der Waals surface area contributed by atoms with Crippen LogP contribution in [0.4, 0.5) is 0 Å². The number of ether oxygens (including phenoxy) is 1. The standard InChI is InChI=1S/C28H29NO5S/c1-19(30)35-18-24(16-20-6-4-3-5-7-20)27(31)29-26(28(32)33)17-21-8-10-22(11-9-21)23-12-14-25(34-2)15-13-23/h3-15,24,26H,16-18H2,1-2H3,(H,29,31)(H,32,33)/t24?,26-/m0/s1. The maximum atomic E-state index is 13.0. The van der Waals surface area contributed by atoms with Crippen LogP contribution in [0.2, 0.25) is 0 Å². The molecule has 0 saturated heterocycles. The molecule has 0 fully saturated rings. The van der Waals surface area contributed by atoms with Crippen LogP contribution in [0, 0.1) is 5.92 Å². The normalized spacial score (nSPS) is 12.4. The van der Waals surface area contributed by atoms with Gasteiger partial charge in [-0.15, -0.1) is 0 Å². The largest absolute Gasteiger partial charge is 0.497 e. The number of rotatable bonds is 11. The second-order valence-electron chi connectivity index (χ2n) is 8.22. The summed E-state index contributed by atoms with van der Waals surface area (Å²) in [5.74, 6) is -0.928. The Labute approximate surface area is 209 Å². The molecule has 1 amide bonds. The van der Waals surface area contributed by atoms with Gasteiger partial charge in [0.15, 0.2) is 5.12 Å². The fraction of sp³-hybridized carbons (Fsp3) is 0.250. The van der Waals surface area contributed by atoms with Gasteiger partial charge in [-0.2, -0.15) is 0 Å². The highest BCUT2D eigenvalue weighted by Crippen LogP contribution is 2.23. The average molecular weight is 492 g/mol. The molecule has 2 N–H and O–H groups in total. The summed E-state index contributed by atoms with van der Waals surface area (Å²) in [6.07, 6.45) is 0.581. The minimum atomic E-state index is -1.10. The predicted octanol–water partition coefficient (Wildman–Crippen LogP) is 4.61. The number of benzene rings is 3. The Morgan fingerprint density at radius 2 is 1.43 bits per heavy atom. The molecule has 2 atom stereocenters. The fourth-order valence-corrected chi connectivity index (χ4v) is 4.39. The lowest BCUT2D eigenvalue weighted by Crippen LogP contribution is -2.46. The number of amides is 1. The van der Waals surface area contributed by atoms with E-state index in [4.69, 9.17) is 4.74 Å². The third-order valence-electron chi connectivity index (χ3n) is 5.62. The van der Waals surface area contributed by atoms with E-state index in [9.17, 15) is 19.5 Å². The van der Waals surface area contributed by atoms with E-state index in [1.807, 2.05) is 78.9 Å². The highest BCUT2D eigenvalue weighted by molar-refractivity contribution is 8.13. The quantitative estimate of drug-likeness (QED) is 0.407. The lowest BCUT2D eigenvalue weighted by molar-refractivity contribution is -0.142. The van der Waals surface area contributed by atoms with Crippen molar-refractivity contribution < 1.29 is 24.2 Å². The Hall–Kier alpha value is -3.58. The summed E-state index contributed by atoms with van der Waals surface area (Å²) in [4.78, 5) is 36.5. The first-order chi connectivity index (χ1) is 16.9. The van der Waals surface area contributed by atoms with E-state index in [2.05, 4.69) is 5.32 Å². The molecule has 7 heteroatoms. The van der Waals surface area contributed by atoms with Gasteiger partial charge < -0.3 is 15.2 Å². The maximum absolute atomic E-state index is 13.0. The molecule has 6 nitrogen and oxygen atoms in total. The smallest absolute Gasteiger partial charge is 0.326 e. The summed E-state index contributed by atoms with van der Waals surface area (Å²) in [5, 5.41) is 12.4. The zero-order valence-corrected chi connectivity index (χ0v) is 20.6. The van der Waals surface area contributed by atoms with Crippen molar-refractivity contribution in [1.29, 1.82) is 0 Å². The Morgan fingerprint density at radius 3 is 1.97 bits per heavy atom. The summed E-state index contributed by atoms with van der Waals surface area (Å²) >= 11 is 1.07. The molecule has 0 heterocycles. The van der Waals surface area contributed by atoms with E-state index in [0.717, 1.165) is 39.8 Å². The lowest BCUT2D eigenvalue weighted by Gasteiger charge is -2.20. The van der Waals surface area contributed by atoms with Gasteiger partial charge in [-0.05, 0) is 40.8 Å². The molecule has 0 saturated carbocycles. The molecule has 3 aromatic carbocycles. The van der Waals surface area contributed by atoms with Crippen LogP contribution in [0.15, 0.2) is 78.9 Å². The number of carbonyl (C=O) groups excluding carboxylic acids is 2. The minimum Gasteiger partial charge on any atom is -0.497 e. The van der Waals surface area contributed by atoms with Crippen molar-refractivity contribution in [2.75, 3.05) is 12.9 Å². The number of methoxy groups -OCH3 is 1. The first kappa shape index (κ1) is 26.0. The number of carbonyl (C=O) groups is 3. The fourth-order valence-electron chi connectivity index (χ4n) is 3.69. The Bertz CT molecular complexity index is 1130. The Kier molecular flexibility index (Phi) is 9.49. The van der Waals surface area contributed by atoms with E-state index in [-0.39, 0.29) is 17.4 Å². The molecule has 0 aromatic heterocycles. The van der Waals surface area contributed by atoms with Crippen molar-refractivity contribution >= 4 is 28.8 Å². The highest BCUT2D eigenvalue weighted by atomic mass is 32.2. The molecule has 0 aliphatic carbocycles. The topological polar surface area (TPSA) is 92.7 Å². The van der Waals surface area contributed by atoms with Crippen LogP contribution in [-0.2, 0) is 27.2 Å². The third kappa shape index (κ3) is 8.00. The SMILES string of the molecule is COc1ccc(-c2ccc(C[C@H](NC(=O)C(CSC(C)=O)Cc3ccccc3)C(=O)O)cc2)cc1. The number of thioether (sulfide) groups is 1. The van der Waals surface area contributed by atoms with Crippen molar-refractivity contribution in [1.82, 2.24) is 5.32 Å². The van der Waals surface area contributed by atoms with Gasteiger partial charge in [-0.1, -0.05) is 78.5 Å². The van der Waals surface area contributed by atoms with Crippen LogP contribution in [0.5, 0.6) is 5.75 Å². The molecule has 0 radical (unpaired) electrons. The maximum Gasteiger partial charge on any atom is 0.326 e. The van der Waals surface area contributed by atoms with Crippen molar-refractivity contribution in [2.24, 2.45) is 5.92 Å². The first-order valence-corrected chi connectivity index (χ1v) is 12.3. The van der Waals surface area contributed by atoms with Crippen LogP contribution in [0.3, 0.4) is 0 Å². The van der Waals surface area contributed by atoms with Crippen molar-refractivity contribution in [2.45, 2.75) is 25.8 Å². The van der Waals surface area contributed by atoms with Gasteiger partial charge in [0.2, 0.25) is 5.91 Å². The number of carboxylic acids is 1. The number of aliphatic carboxylic acids is 1. The summed E-state index contributed by atoms with van der Waals surface area (Å²) in [5.41, 5.74) is 3.77.